The molecule has 2 aromatic rings. The number of ether oxygens (including phenoxy) is 1. The highest BCUT2D eigenvalue weighted by Crippen LogP contribution is 2.21. The fourth-order valence-corrected chi connectivity index (χ4v) is 4.68. The van der Waals surface area contributed by atoms with Gasteiger partial charge in [-0.15, -0.1) is 11.8 Å². The summed E-state index contributed by atoms with van der Waals surface area (Å²) in [6.45, 7) is 1.53. The van der Waals surface area contributed by atoms with Crippen LogP contribution in [0.1, 0.15) is 6.42 Å². The number of hydrogen-bond donors (Lipinski definition) is 1. The minimum atomic E-state index is -3.53. The van der Waals surface area contributed by atoms with Gasteiger partial charge >= 0.3 is 0 Å². The highest BCUT2D eigenvalue weighted by molar-refractivity contribution is 7.99. The second kappa shape index (κ2) is 9.32. The second-order valence-electron chi connectivity index (χ2n) is 5.86. The molecule has 0 spiro atoms. The Hall–Kier alpha value is -1.94. The van der Waals surface area contributed by atoms with Gasteiger partial charge < -0.3 is 10.1 Å². The molecule has 0 bridgehead atoms. The lowest BCUT2D eigenvalue weighted by atomic mass is 10.3. The fourth-order valence-electron chi connectivity index (χ4n) is 2.53. The van der Waals surface area contributed by atoms with Crippen molar-refractivity contribution in [3.05, 3.63) is 48.7 Å². The van der Waals surface area contributed by atoms with Crippen molar-refractivity contribution in [3.8, 4) is 0 Å². The molecular weight excluding hydrogens is 386 g/mol. The van der Waals surface area contributed by atoms with Gasteiger partial charge in [-0.3, -0.25) is 4.79 Å². The number of carbonyl (C=O) groups is 1. The first-order valence-electron chi connectivity index (χ1n) is 8.57. The van der Waals surface area contributed by atoms with Crippen LogP contribution in [0.5, 0.6) is 0 Å². The summed E-state index contributed by atoms with van der Waals surface area (Å²) in [4.78, 5) is 16.3. The SMILES string of the molecule is O=C(CCSc1ccc(S(=O)(=O)N2CCOCC2)cn1)Nc1ccccc1. The molecule has 0 atom stereocenters. The van der Waals surface area contributed by atoms with Crippen molar-refractivity contribution in [2.75, 3.05) is 37.4 Å². The zero-order chi connectivity index (χ0) is 19.1. The van der Waals surface area contributed by atoms with Gasteiger partial charge in [0.05, 0.1) is 18.2 Å². The van der Waals surface area contributed by atoms with Crippen LogP contribution in [0.4, 0.5) is 5.69 Å². The molecule has 1 N–H and O–H groups in total. The molecule has 27 heavy (non-hydrogen) atoms. The van der Waals surface area contributed by atoms with Crippen LogP contribution < -0.4 is 5.32 Å². The van der Waals surface area contributed by atoms with E-state index < -0.39 is 10.0 Å². The minimum absolute atomic E-state index is 0.0692. The van der Waals surface area contributed by atoms with Gasteiger partial charge in [-0.1, -0.05) is 18.2 Å². The van der Waals surface area contributed by atoms with Gasteiger partial charge in [-0.2, -0.15) is 4.31 Å². The van der Waals surface area contributed by atoms with Gasteiger partial charge in [-0.25, -0.2) is 13.4 Å². The Morgan fingerprint density at radius 3 is 2.56 bits per heavy atom. The molecule has 0 unspecified atom stereocenters. The molecule has 1 saturated heterocycles. The average molecular weight is 408 g/mol. The number of pyridine rings is 1. The van der Waals surface area contributed by atoms with Crippen LogP contribution >= 0.6 is 11.8 Å². The zero-order valence-electron chi connectivity index (χ0n) is 14.7. The summed E-state index contributed by atoms with van der Waals surface area (Å²) in [5, 5.41) is 3.51. The van der Waals surface area contributed by atoms with Crippen molar-refractivity contribution >= 4 is 33.4 Å². The largest absolute Gasteiger partial charge is 0.379 e. The highest BCUT2D eigenvalue weighted by Gasteiger charge is 2.26. The first-order chi connectivity index (χ1) is 13.1. The number of morpholine rings is 1. The van der Waals surface area contributed by atoms with Gasteiger partial charge in [0.15, 0.2) is 0 Å². The number of rotatable bonds is 7. The third-order valence-corrected chi connectivity index (χ3v) is 6.78. The summed E-state index contributed by atoms with van der Waals surface area (Å²) >= 11 is 1.41. The molecule has 1 aromatic heterocycles. The number of nitrogens with zero attached hydrogens (tertiary/aromatic N) is 2. The number of aromatic nitrogens is 1. The molecule has 1 aromatic carbocycles. The smallest absolute Gasteiger partial charge is 0.244 e. The molecule has 144 valence electrons. The molecule has 1 aliphatic rings. The summed E-state index contributed by atoms with van der Waals surface area (Å²) in [6.07, 6.45) is 1.71. The third kappa shape index (κ3) is 5.52. The number of sulfonamides is 1. The molecule has 1 aliphatic heterocycles. The summed E-state index contributed by atoms with van der Waals surface area (Å²) in [5.74, 6) is 0.488. The predicted molar refractivity (Wildman–Crippen MR) is 104 cm³/mol. The molecule has 3 rings (SSSR count). The Bertz CT molecular complexity index is 852. The van der Waals surface area contributed by atoms with Crippen molar-refractivity contribution in [1.29, 1.82) is 0 Å². The van der Waals surface area contributed by atoms with Gasteiger partial charge in [-0.05, 0) is 24.3 Å². The van der Waals surface area contributed by atoms with Crippen LogP contribution in [0, 0.1) is 0 Å². The average Bonchev–Trinajstić information content (AvgIpc) is 2.70. The van der Waals surface area contributed by atoms with Crippen LogP contribution in [-0.4, -0.2) is 55.7 Å². The lowest BCUT2D eigenvalue weighted by molar-refractivity contribution is -0.115. The molecule has 1 amide bonds. The topological polar surface area (TPSA) is 88.6 Å². The van der Waals surface area contributed by atoms with Gasteiger partial charge in [0.2, 0.25) is 15.9 Å². The van der Waals surface area contributed by atoms with E-state index in [1.54, 1.807) is 12.1 Å². The lowest BCUT2D eigenvalue weighted by Crippen LogP contribution is -2.40. The zero-order valence-corrected chi connectivity index (χ0v) is 16.3. The Morgan fingerprint density at radius 1 is 1.15 bits per heavy atom. The molecule has 2 heterocycles. The number of nitrogens with one attached hydrogen (secondary N) is 1. The van der Waals surface area contributed by atoms with Crippen molar-refractivity contribution < 1.29 is 17.9 Å². The van der Waals surface area contributed by atoms with E-state index in [2.05, 4.69) is 10.3 Å². The van der Waals surface area contributed by atoms with Gasteiger partial charge in [0.25, 0.3) is 0 Å². The Labute approximate surface area is 163 Å². The minimum Gasteiger partial charge on any atom is -0.379 e. The van der Waals surface area contributed by atoms with Crippen molar-refractivity contribution in [2.24, 2.45) is 0 Å². The summed E-state index contributed by atoms with van der Waals surface area (Å²) in [6, 6.07) is 12.5. The quantitative estimate of drug-likeness (QED) is 0.708. The Balaban J connectivity index is 1.49. The second-order valence-corrected chi connectivity index (χ2v) is 8.91. The maximum absolute atomic E-state index is 12.5. The molecular formula is C18H21N3O4S2. The fraction of sp³-hybridized carbons (Fsp3) is 0.333. The predicted octanol–water partition coefficient (Wildman–Crippen LogP) is 2.22. The monoisotopic (exact) mass is 407 g/mol. The number of para-hydroxylation sites is 1. The molecule has 0 radical (unpaired) electrons. The Morgan fingerprint density at radius 2 is 1.89 bits per heavy atom. The molecule has 9 heteroatoms. The van der Waals surface area contributed by atoms with Gasteiger partial charge in [0, 0.05) is 37.1 Å². The van der Waals surface area contributed by atoms with Crippen LogP contribution in [0.15, 0.2) is 58.6 Å². The van der Waals surface area contributed by atoms with E-state index in [4.69, 9.17) is 4.74 Å². The van der Waals surface area contributed by atoms with E-state index >= 15 is 0 Å². The first kappa shape index (κ1) is 19.8. The molecule has 0 aliphatic carbocycles. The van der Waals surface area contributed by atoms with Crippen molar-refractivity contribution in [3.63, 3.8) is 0 Å². The lowest BCUT2D eigenvalue weighted by Gasteiger charge is -2.25. The number of anilines is 1. The summed E-state index contributed by atoms with van der Waals surface area (Å²) in [5.41, 5.74) is 0.767. The van der Waals surface area contributed by atoms with Crippen LogP contribution in [0.2, 0.25) is 0 Å². The third-order valence-electron chi connectivity index (χ3n) is 3.95. The van der Waals surface area contributed by atoms with Crippen molar-refractivity contribution in [2.45, 2.75) is 16.3 Å². The number of benzene rings is 1. The van der Waals surface area contributed by atoms with E-state index in [9.17, 15) is 13.2 Å². The number of hydrogen-bond acceptors (Lipinski definition) is 6. The molecule has 0 saturated carbocycles. The van der Waals surface area contributed by atoms with Crippen LogP contribution in [0.25, 0.3) is 0 Å². The molecule has 1 fully saturated rings. The standard InChI is InChI=1S/C18H21N3O4S2/c22-17(20-15-4-2-1-3-5-15)8-13-26-18-7-6-16(14-19-18)27(23,24)21-9-11-25-12-10-21/h1-7,14H,8-13H2,(H,20,22). The van der Waals surface area contributed by atoms with Crippen LogP contribution in [0.3, 0.4) is 0 Å². The van der Waals surface area contributed by atoms with E-state index in [0.29, 0.717) is 43.5 Å². The number of carbonyl (C=O) groups excluding carboxylic acids is 1. The maximum atomic E-state index is 12.5. The van der Waals surface area contributed by atoms with E-state index in [0.717, 1.165) is 5.69 Å². The number of amides is 1. The summed E-state index contributed by atoms with van der Waals surface area (Å²) in [7, 11) is -3.53. The molecule has 7 nitrogen and oxygen atoms in total. The van der Waals surface area contributed by atoms with Crippen LogP contribution in [-0.2, 0) is 19.6 Å². The first-order valence-corrected chi connectivity index (χ1v) is 11.0. The Kier molecular flexibility index (Phi) is 6.84. The maximum Gasteiger partial charge on any atom is 0.244 e. The van der Waals surface area contributed by atoms with E-state index in [1.807, 2.05) is 30.3 Å². The van der Waals surface area contributed by atoms with E-state index in [-0.39, 0.29) is 10.8 Å². The normalized spacial score (nSPS) is 15.4. The van der Waals surface area contributed by atoms with Crippen molar-refractivity contribution in [1.82, 2.24) is 9.29 Å². The number of thioether (sulfide) groups is 1. The van der Waals surface area contributed by atoms with Gasteiger partial charge in [0.1, 0.15) is 4.90 Å². The highest BCUT2D eigenvalue weighted by atomic mass is 32.2. The summed E-state index contributed by atoms with van der Waals surface area (Å²) < 4.78 is 31.7. The van der Waals surface area contributed by atoms with E-state index in [1.165, 1.54) is 22.3 Å².